The molecule has 0 aromatic heterocycles. The van der Waals surface area contributed by atoms with E-state index in [2.05, 4.69) is 41.4 Å². The van der Waals surface area contributed by atoms with Crippen molar-refractivity contribution in [3.05, 3.63) is 88.5 Å². The second kappa shape index (κ2) is 10.8. The molecule has 3 aromatic carbocycles. The van der Waals surface area contributed by atoms with Crippen LogP contribution in [0.5, 0.6) is 17.2 Å². The number of fused-ring (bicyclic) bond motifs is 1. The molecule has 6 heteroatoms. The molecular formula is C29H34N2O4. The topological polar surface area (TPSA) is 60.0 Å². The first-order chi connectivity index (χ1) is 16.9. The van der Waals surface area contributed by atoms with Gasteiger partial charge in [-0.25, -0.2) is 0 Å². The zero-order valence-electron chi connectivity index (χ0n) is 21.1. The van der Waals surface area contributed by atoms with Crippen LogP contribution in [0, 0.1) is 6.92 Å². The van der Waals surface area contributed by atoms with Crippen LogP contribution in [-0.2, 0) is 13.0 Å². The predicted molar refractivity (Wildman–Crippen MR) is 138 cm³/mol. The summed E-state index contributed by atoms with van der Waals surface area (Å²) in [6, 6.07) is 19.8. The number of hydrogen-bond donors (Lipinski definition) is 1. The van der Waals surface area contributed by atoms with Gasteiger partial charge in [-0.1, -0.05) is 29.8 Å². The maximum absolute atomic E-state index is 13.1. The highest BCUT2D eigenvalue weighted by molar-refractivity contribution is 5.94. The molecule has 1 amide bonds. The van der Waals surface area contributed by atoms with Gasteiger partial charge in [0.05, 0.1) is 27.4 Å². The molecule has 3 aromatic rings. The van der Waals surface area contributed by atoms with Gasteiger partial charge in [-0.3, -0.25) is 9.69 Å². The molecule has 1 heterocycles. The SMILES string of the molecule is COc1ccc(CN2CCc3cc(OC)c(OC)cc3[C@@H]2[C@H](C)NC(=O)c2ccc(C)cc2)cc1. The number of carbonyl (C=O) groups is 1. The molecule has 1 N–H and O–H groups in total. The van der Waals surface area contributed by atoms with Crippen LogP contribution in [0.25, 0.3) is 0 Å². The third-order valence-electron chi connectivity index (χ3n) is 6.72. The lowest BCUT2D eigenvalue weighted by molar-refractivity contribution is 0.0877. The van der Waals surface area contributed by atoms with Gasteiger partial charge in [-0.15, -0.1) is 0 Å². The minimum atomic E-state index is -0.140. The van der Waals surface area contributed by atoms with Gasteiger partial charge in [0.1, 0.15) is 5.75 Å². The lowest BCUT2D eigenvalue weighted by Crippen LogP contribution is -2.47. The minimum Gasteiger partial charge on any atom is -0.497 e. The number of hydrogen-bond acceptors (Lipinski definition) is 5. The van der Waals surface area contributed by atoms with E-state index in [4.69, 9.17) is 14.2 Å². The summed E-state index contributed by atoms with van der Waals surface area (Å²) in [5.41, 5.74) is 5.35. The number of ether oxygens (including phenoxy) is 3. The van der Waals surface area contributed by atoms with Crippen LogP contribution in [-0.4, -0.2) is 44.7 Å². The van der Waals surface area contributed by atoms with Crippen LogP contribution in [0.3, 0.4) is 0 Å². The largest absolute Gasteiger partial charge is 0.497 e. The van der Waals surface area contributed by atoms with Gasteiger partial charge < -0.3 is 19.5 Å². The highest BCUT2D eigenvalue weighted by atomic mass is 16.5. The fraction of sp³-hybridized carbons (Fsp3) is 0.345. The van der Waals surface area contributed by atoms with Crippen LogP contribution in [0.1, 0.15) is 45.6 Å². The summed E-state index contributed by atoms with van der Waals surface area (Å²) in [5.74, 6) is 2.18. The zero-order valence-corrected chi connectivity index (χ0v) is 21.1. The maximum atomic E-state index is 13.1. The first-order valence-corrected chi connectivity index (χ1v) is 11.9. The highest BCUT2D eigenvalue weighted by Crippen LogP contribution is 2.40. The summed E-state index contributed by atoms with van der Waals surface area (Å²) >= 11 is 0. The minimum absolute atomic E-state index is 0.0324. The summed E-state index contributed by atoms with van der Waals surface area (Å²) in [7, 11) is 4.98. The van der Waals surface area contributed by atoms with Gasteiger partial charge in [-0.2, -0.15) is 0 Å². The Balaban J connectivity index is 1.66. The van der Waals surface area contributed by atoms with E-state index in [1.807, 2.05) is 43.3 Å². The summed E-state index contributed by atoms with van der Waals surface area (Å²) < 4.78 is 16.5. The monoisotopic (exact) mass is 474 g/mol. The van der Waals surface area contributed by atoms with Crippen molar-refractivity contribution in [2.45, 2.75) is 38.9 Å². The first-order valence-electron chi connectivity index (χ1n) is 11.9. The van der Waals surface area contributed by atoms with Crippen molar-refractivity contribution < 1.29 is 19.0 Å². The Morgan fingerprint density at radius 2 is 1.63 bits per heavy atom. The van der Waals surface area contributed by atoms with Crippen molar-refractivity contribution in [2.24, 2.45) is 0 Å². The fourth-order valence-corrected chi connectivity index (χ4v) is 4.83. The van der Waals surface area contributed by atoms with E-state index in [0.29, 0.717) is 11.3 Å². The van der Waals surface area contributed by atoms with Crippen molar-refractivity contribution in [2.75, 3.05) is 27.9 Å². The van der Waals surface area contributed by atoms with E-state index in [9.17, 15) is 4.79 Å². The maximum Gasteiger partial charge on any atom is 0.251 e. The molecule has 0 radical (unpaired) electrons. The molecule has 0 fully saturated rings. The first kappa shape index (κ1) is 24.6. The number of nitrogens with one attached hydrogen (secondary N) is 1. The molecule has 0 unspecified atom stereocenters. The molecule has 184 valence electrons. The Labute approximate surface area is 207 Å². The van der Waals surface area contributed by atoms with Crippen LogP contribution in [0.2, 0.25) is 0 Å². The molecule has 4 rings (SSSR count). The van der Waals surface area contributed by atoms with Crippen molar-refractivity contribution in [3.8, 4) is 17.2 Å². The Bertz CT molecular complexity index is 1160. The fourth-order valence-electron chi connectivity index (χ4n) is 4.83. The van der Waals surface area contributed by atoms with E-state index >= 15 is 0 Å². The molecule has 2 atom stereocenters. The smallest absolute Gasteiger partial charge is 0.251 e. The van der Waals surface area contributed by atoms with E-state index in [1.165, 1.54) is 11.1 Å². The van der Waals surface area contributed by atoms with Gasteiger partial charge in [0.15, 0.2) is 11.5 Å². The lowest BCUT2D eigenvalue weighted by Gasteiger charge is -2.41. The van der Waals surface area contributed by atoms with E-state index in [1.54, 1.807) is 21.3 Å². The van der Waals surface area contributed by atoms with Crippen LogP contribution in [0.4, 0.5) is 0 Å². The van der Waals surface area contributed by atoms with E-state index in [-0.39, 0.29) is 18.0 Å². The second-order valence-corrected chi connectivity index (χ2v) is 9.05. The molecule has 0 saturated heterocycles. The number of amides is 1. The van der Waals surface area contributed by atoms with Gasteiger partial charge in [0, 0.05) is 24.7 Å². The van der Waals surface area contributed by atoms with Crippen molar-refractivity contribution >= 4 is 5.91 Å². The summed E-state index contributed by atoms with van der Waals surface area (Å²) in [5, 5.41) is 3.25. The number of carbonyl (C=O) groups excluding carboxylic acids is 1. The Morgan fingerprint density at radius 3 is 2.26 bits per heavy atom. The number of nitrogens with zero attached hydrogens (tertiary/aromatic N) is 1. The third kappa shape index (κ3) is 5.43. The molecule has 1 aliphatic heterocycles. The van der Waals surface area contributed by atoms with Gasteiger partial charge >= 0.3 is 0 Å². The number of methoxy groups -OCH3 is 3. The molecule has 35 heavy (non-hydrogen) atoms. The molecule has 0 spiro atoms. The number of rotatable bonds is 8. The van der Waals surface area contributed by atoms with Crippen LogP contribution >= 0.6 is 0 Å². The van der Waals surface area contributed by atoms with Crippen molar-refractivity contribution in [1.82, 2.24) is 10.2 Å². The lowest BCUT2D eigenvalue weighted by atomic mass is 9.87. The normalized spacial score (nSPS) is 16.2. The van der Waals surface area contributed by atoms with Gasteiger partial charge in [0.2, 0.25) is 0 Å². The van der Waals surface area contributed by atoms with E-state index in [0.717, 1.165) is 42.1 Å². The summed E-state index contributed by atoms with van der Waals surface area (Å²) in [4.78, 5) is 15.5. The predicted octanol–water partition coefficient (Wildman–Crippen LogP) is 4.94. The standard InChI is InChI=1S/C29H34N2O4/c1-19-6-10-22(11-7-19)29(32)30-20(2)28-25-17-27(35-5)26(34-4)16-23(25)14-15-31(28)18-21-8-12-24(33-3)13-9-21/h6-13,16-17,20,28H,14-15,18H2,1-5H3,(H,30,32)/t20-,28-/m0/s1. The molecule has 1 aliphatic rings. The molecular weight excluding hydrogens is 440 g/mol. The van der Waals surface area contributed by atoms with Crippen LogP contribution in [0.15, 0.2) is 60.7 Å². The third-order valence-corrected chi connectivity index (χ3v) is 6.72. The van der Waals surface area contributed by atoms with Crippen molar-refractivity contribution in [3.63, 3.8) is 0 Å². The number of benzene rings is 3. The average molecular weight is 475 g/mol. The molecule has 0 saturated carbocycles. The number of aryl methyl sites for hydroxylation is 1. The highest BCUT2D eigenvalue weighted by Gasteiger charge is 2.34. The summed E-state index contributed by atoms with van der Waals surface area (Å²) in [6.45, 7) is 5.71. The second-order valence-electron chi connectivity index (χ2n) is 9.05. The van der Waals surface area contributed by atoms with Crippen molar-refractivity contribution in [1.29, 1.82) is 0 Å². The Morgan fingerprint density at radius 1 is 0.971 bits per heavy atom. The molecule has 0 aliphatic carbocycles. The van der Waals surface area contributed by atoms with Gasteiger partial charge in [0.25, 0.3) is 5.91 Å². The zero-order chi connectivity index (χ0) is 24.9. The van der Waals surface area contributed by atoms with Gasteiger partial charge in [-0.05, 0) is 73.4 Å². The Hall–Kier alpha value is -3.51. The molecule has 6 nitrogen and oxygen atoms in total. The average Bonchev–Trinajstić information content (AvgIpc) is 2.88. The summed E-state index contributed by atoms with van der Waals surface area (Å²) in [6.07, 6.45) is 0.890. The quantitative estimate of drug-likeness (QED) is 0.501. The van der Waals surface area contributed by atoms with E-state index < -0.39 is 0 Å². The van der Waals surface area contributed by atoms with Crippen LogP contribution < -0.4 is 19.5 Å². The molecule has 0 bridgehead atoms. The Kier molecular flexibility index (Phi) is 7.61.